The van der Waals surface area contributed by atoms with Gasteiger partial charge in [0.1, 0.15) is 5.75 Å². The maximum absolute atomic E-state index is 12.1. The molecule has 1 fully saturated rings. The fourth-order valence-corrected chi connectivity index (χ4v) is 4.36. The number of nitrogens with one attached hydrogen (secondary N) is 2. The van der Waals surface area contributed by atoms with Crippen LogP contribution in [0.5, 0.6) is 5.75 Å². The Kier molecular flexibility index (Phi) is 6.89. The number of para-hydroxylation sites is 1. The minimum atomic E-state index is -0.775. The molecule has 3 atom stereocenters. The Hall–Kier alpha value is -1.56. The maximum Gasteiger partial charge on any atom is 0.315 e. The van der Waals surface area contributed by atoms with Crippen LogP contribution in [0.2, 0.25) is 0 Å². The summed E-state index contributed by atoms with van der Waals surface area (Å²) in [6.07, 6.45) is 3.79. The molecule has 23 heavy (non-hydrogen) atoms. The van der Waals surface area contributed by atoms with Crippen molar-refractivity contribution in [3.63, 3.8) is 0 Å². The van der Waals surface area contributed by atoms with Gasteiger partial charge >= 0.3 is 6.03 Å². The zero-order valence-electron chi connectivity index (χ0n) is 13.8. The van der Waals surface area contributed by atoms with Gasteiger partial charge in [-0.1, -0.05) is 31.5 Å². The summed E-state index contributed by atoms with van der Waals surface area (Å²) >= 11 is 0. The van der Waals surface area contributed by atoms with Gasteiger partial charge in [0, 0.05) is 40.0 Å². The Morgan fingerprint density at radius 2 is 2.13 bits per heavy atom. The van der Waals surface area contributed by atoms with Crippen molar-refractivity contribution in [2.75, 3.05) is 12.9 Å². The Morgan fingerprint density at radius 3 is 2.87 bits per heavy atom. The highest BCUT2D eigenvalue weighted by atomic mass is 32.2. The summed E-state index contributed by atoms with van der Waals surface area (Å²) in [4.78, 5) is 12.1. The monoisotopic (exact) mass is 338 g/mol. The van der Waals surface area contributed by atoms with Gasteiger partial charge in [-0.15, -0.1) is 0 Å². The van der Waals surface area contributed by atoms with Crippen molar-refractivity contribution in [3.05, 3.63) is 29.8 Å². The van der Waals surface area contributed by atoms with Gasteiger partial charge in [0.25, 0.3) is 0 Å². The van der Waals surface area contributed by atoms with Crippen molar-refractivity contribution in [2.45, 2.75) is 50.4 Å². The smallest absolute Gasteiger partial charge is 0.315 e. The number of amides is 2. The Morgan fingerprint density at radius 1 is 1.35 bits per heavy atom. The van der Waals surface area contributed by atoms with Crippen LogP contribution in [-0.4, -0.2) is 34.4 Å². The third-order valence-corrected chi connectivity index (χ3v) is 5.99. The van der Waals surface area contributed by atoms with E-state index in [1.165, 1.54) is 0 Å². The number of hydrogen-bond acceptors (Lipinski definition) is 3. The van der Waals surface area contributed by atoms with Gasteiger partial charge in [-0.05, 0) is 25.3 Å². The predicted molar refractivity (Wildman–Crippen MR) is 93.1 cm³/mol. The fourth-order valence-electron chi connectivity index (χ4n) is 3.01. The summed E-state index contributed by atoms with van der Waals surface area (Å²) in [5.74, 6) is 1.46. The SMILES string of the molecule is CC[S@](=O)[C@@H]1CCC[C@@H](NC(=O)NCc2ccccc2OC)C1. The number of carbonyl (C=O) groups is 1. The topological polar surface area (TPSA) is 67.4 Å². The number of carbonyl (C=O) groups excluding carboxylic acids is 1. The van der Waals surface area contributed by atoms with Gasteiger partial charge in [0.15, 0.2) is 0 Å². The molecule has 1 aliphatic rings. The minimum absolute atomic E-state index is 0.113. The summed E-state index contributed by atoms with van der Waals surface area (Å²) in [7, 11) is 0.845. The van der Waals surface area contributed by atoms with Crippen molar-refractivity contribution >= 4 is 16.8 Å². The molecule has 0 unspecified atom stereocenters. The number of rotatable bonds is 6. The first-order valence-electron chi connectivity index (χ1n) is 8.17. The average molecular weight is 338 g/mol. The summed E-state index contributed by atoms with van der Waals surface area (Å²) in [6, 6.07) is 7.56. The molecule has 1 aromatic carbocycles. The zero-order valence-corrected chi connectivity index (χ0v) is 14.7. The summed E-state index contributed by atoms with van der Waals surface area (Å²) in [5.41, 5.74) is 0.943. The van der Waals surface area contributed by atoms with Crippen molar-refractivity contribution < 1.29 is 13.7 Å². The standard InChI is InChI=1S/C17H26N2O3S/c1-3-23(21)15-9-6-8-14(11-15)19-17(20)18-12-13-7-4-5-10-16(13)22-2/h4-5,7,10,14-15H,3,6,8-9,11-12H2,1-2H3,(H2,18,19,20)/t14-,15-,23+/m1/s1. The maximum atomic E-state index is 12.1. The molecule has 1 saturated carbocycles. The quantitative estimate of drug-likeness (QED) is 0.838. The van der Waals surface area contributed by atoms with E-state index in [1.54, 1.807) is 7.11 Å². The first kappa shape index (κ1) is 17.8. The molecule has 1 aliphatic carbocycles. The van der Waals surface area contributed by atoms with Crippen molar-refractivity contribution in [1.29, 1.82) is 0 Å². The number of benzene rings is 1. The van der Waals surface area contributed by atoms with Crippen LogP contribution in [0.3, 0.4) is 0 Å². The van der Waals surface area contributed by atoms with Gasteiger partial charge in [-0.2, -0.15) is 0 Å². The van der Waals surface area contributed by atoms with Gasteiger partial charge < -0.3 is 15.4 Å². The molecule has 6 heteroatoms. The highest BCUT2D eigenvalue weighted by molar-refractivity contribution is 7.85. The van der Waals surface area contributed by atoms with Gasteiger partial charge in [-0.25, -0.2) is 4.79 Å². The summed E-state index contributed by atoms with van der Waals surface area (Å²) in [5, 5.41) is 6.10. The third-order valence-electron chi connectivity index (χ3n) is 4.25. The van der Waals surface area contributed by atoms with E-state index in [0.29, 0.717) is 12.3 Å². The fraction of sp³-hybridized carbons (Fsp3) is 0.588. The molecule has 0 heterocycles. The Bertz CT molecular complexity index is 550. The second kappa shape index (κ2) is 8.91. The lowest BCUT2D eigenvalue weighted by Crippen LogP contribution is -2.45. The first-order chi connectivity index (χ1) is 11.1. The molecule has 0 radical (unpaired) electrons. The number of ether oxygens (including phenoxy) is 1. The van der Waals surface area contributed by atoms with Crippen LogP contribution in [0.15, 0.2) is 24.3 Å². The van der Waals surface area contributed by atoms with E-state index in [-0.39, 0.29) is 17.3 Å². The van der Waals surface area contributed by atoms with Crippen molar-refractivity contribution in [1.82, 2.24) is 10.6 Å². The summed E-state index contributed by atoms with van der Waals surface area (Å²) < 4.78 is 17.2. The largest absolute Gasteiger partial charge is 0.496 e. The normalized spacial score (nSPS) is 22.2. The van der Waals surface area contributed by atoms with Crippen LogP contribution in [0.4, 0.5) is 4.79 Å². The van der Waals surface area contributed by atoms with E-state index in [9.17, 15) is 9.00 Å². The minimum Gasteiger partial charge on any atom is -0.496 e. The molecular weight excluding hydrogens is 312 g/mol. The molecule has 5 nitrogen and oxygen atoms in total. The van der Waals surface area contributed by atoms with E-state index in [0.717, 1.165) is 37.0 Å². The number of hydrogen-bond donors (Lipinski definition) is 2. The second-order valence-corrected chi connectivity index (χ2v) is 7.80. The van der Waals surface area contributed by atoms with E-state index in [2.05, 4.69) is 10.6 Å². The molecule has 128 valence electrons. The highest BCUT2D eigenvalue weighted by Crippen LogP contribution is 2.23. The van der Waals surface area contributed by atoms with E-state index >= 15 is 0 Å². The van der Waals surface area contributed by atoms with E-state index in [1.807, 2.05) is 31.2 Å². The molecule has 0 aromatic heterocycles. The number of methoxy groups -OCH3 is 1. The predicted octanol–water partition coefficient (Wildman–Crippen LogP) is 2.57. The molecule has 0 spiro atoms. The molecular formula is C17H26N2O3S. The lowest BCUT2D eigenvalue weighted by atomic mass is 9.95. The van der Waals surface area contributed by atoms with Crippen LogP contribution in [0, 0.1) is 0 Å². The van der Waals surface area contributed by atoms with Gasteiger partial charge in [0.05, 0.1) is 7.11 Å². The van der Waals surface area contributed by atoms with Crippen LogP contribution in [0.25, 0.3) is 0 Å². The first-order valence-corrected chi connectivity index (χ1v) is 9.55. The van der Waals surface area contributed by atoms with Crippen LogP contribution in [0.1, 0.15) is 38.2 Å². The van der Waals surface area contributed by atoms with Crippen LogP contribution >= 0.6 is 0 Å². The van der Waals surface area contributed by atoms with Gasteiger partial charge in [-0.3, -0.25) is 4.21 Å². The van der Waals surface area contributed by atoms with Crippen LogP contribution in [-0.2, 0) is 17.3 Å². The molecule has 2 N–H and O–H groups in total. The van der Waals surface area contributed by atoms with Crippen LogP contribution < -0.4 is 15.4 Å². The van der Waals surface area contributed by atoms with E-state index < -0.39 is 10.8 Å². The lowest BCUT2D eigenvalue weighted by Gasteiger charge is -2.29. The highest BCUT2D eigenvalue weighted by Gasteiger charge is 2.26. The van der Waals surface area contributed by atoms with Crippen molar-refractivity contribution in [2.24, 2.45) is 0 Å². The second-order valence-electron chi connectivity index (χ2n) is 5.79. The molecule has 2 rings (SSSR count). The average Bonchev–Trinajstić information content (AvgIpc) is 2.59. The van der Waals surface area contributed by atoms with Crippen molar-refractivity contribution in [3.8, 4) is 5.75 Å². The third kappa shape index (κ3) is 5.23. The molecule has 0 saturated heterocycles. The van der Waals surface area contributed by atoms with Gasteiger partial charge in [0.2, 0.25) is 0 Å². The van der Waals surface area contributed by atoms with E-state index in [4.69, 9.17) is 4.74 Å². The zero-order chi connectivity index (χ0) is 16.7. The summed E-state index contributed by atoms with van der Waals surface area (Å²) in [6.45, 7) is 2.37. The molecule has 0 bridgehead atoms. The Labute approximate surface area is 140 Å². The lowest BCUT2D eigenvalue weighted by molar-refractivity contribution is 0.232. The molecule has 1 aromatic rings. The Balaban J connectivity index is 1.81. The molecule has 0 aliphatic heterocycles. The number of urea groups is 1. The molecule has 2 amide bonds.